The zero-order valence-corrected chi connectivity index (χ0v) is 27.1. The minimum Gasteiger partial charge on any atom is -0.496 e. The summed E-state index contributed by atoms with van der Waals surface area (Å²) in [6, 6.07) is 16.3. The number of carbonyl (C=O) groups excluding carboxylic acids is 1. The van der Waals surface area contributed by atoms with Gasteiger partial charge in [0.15, 0.2) is 5.78 Å². The molecule has 0 radical (unpaired) electrons. The van der Waals surface area contributed by atoms with E-state index in [2.05, 4.69) is 24.9 Å². The summed E-state index contributed by atoms with van der Waals surface area (Å²) >= 11 is 0. The normalized spacial score (nSPS) is 14.6. The fourth-order valence-electron chi connectivity index (χ4n) is 6.28. The Balaban J connectivity index is 1.01. The molecule has 0 bridgehead atoms. The van der Waals surface area contributed by atoms with Crippen LogP contribution in [0.25, 0.3) is 33.3 Å². The van der Waals surface area contributed by atoms with Crippen LogP contribution in [-0.2, 0) is 23.2 Å². The van der Waals surface area contributed by atoms with Crippen LogP contribution in [0.5, 0.6) is 5.75 Å². The molecule has 246 valence electrons. The van der Waals surface area contributed by atoms with Gasteiger partial charge in [-0.05, 0) is 79.4 Å². The average Bonchev–Trinajstić information content (AvgIpc) is 3.69. The second-order valence-corrected chi connectivity index (χ2v) is 13.6. The maximum atomic E-state index is 14.0. The Morgan fingerprint density at radius 1 is 1.11 bits per heavy atom. The number of aromatic nitrogens is 4. The number of aromatic amines is 1. The van der Waals surface area contributed by atoms with Crippen molar-refractivity contribution in [2.24, 2.45) is 5.92 Å². The first-order valence-corrected chi connectivity index (χ1v) is 17.0. The number of methoxy groups -OCH3 is 1. The second-order valence-electron chi connectivity index (χ2n) is 11.8. The van der Waals surface area contributed by atoms with Crippen molar-refractivity contribution in [2.75, 3.05) is 33.3 Å². The highest BCUT2D eigenvalue weighted by Gasteiger charge is 2.23. The number of fused-ring (bicyclic) bond motifs is 1. The van der Waals surface area contributed by atoms with E-state index in [0.29, 0.717) is 58.2 Å². The molecule has 11 nitrogen and oxygen atoms in total. The van der Waals surface area contributed by atoms with Crippen LogP contribution in [0.2, 0.25) is 0 Å². The largest absolute Gasteiger partial charge is 0.496 e. The quantitative estimate of drug-likeness (QED) is 0.165. The van der Waals surface area contributed by atoms with Crippen LogP contribution in [0, 0.1) is 11.7 Å². The Labute approximate surface area is 272 Å². The lowest BCUT2D eigenvalue weighted by Crippen LogP contribution is -2.40. The average molecular weight is 661 g/mol. The van der Waals surface area contributed by atoms with E-state index in [0.717, 1.165) is 37.1 Å². The fourth-order valence-corrected chi connectivity index (χ4v) is 7.30. The molecule has 0 amide bonds. The van der Waals surface area contributed by atoms with Crippen molar-refractivity contribution in [3.63, 3.8) is 0 Å². The van der Waals surface area contributed by atoms with Crippen LogP contribution < -0.4 is 9.46 Å². The zero-order valence-electron chi connectivity index (χ0n) is 26.2. The second kappa shape index (κ2) is 13.7. The first kappa shape index (κ1) is 32.5. The molecule has 0 unspecified atom stereocenters. The number of Topliss-reactive ketones (excluding diaryl/α,β-unsaturated/α-hetero) is 1. The number of nitrogens with zero attached hydrogens (tertiary/aromatic N) is 4. The molecule has 6 rings (SSSR count). The van der Waals surface area contributed by atoms with Gasteiger partial charge in [-0.1, -0.05) is 29.5 Å². The van der Waals surface area contributed by atoms with Crippen molar-refractivity contribution in [1.29, 1.82) is 0 Å². The molecule has 0 aliphatic carbocycles. The van der Waals surface area contributed by atoms with Gasteiger partial charge in [0.25, 0.3) is 0 Å². The molecule has 47 heavy (non-hydrogen) atoms. The number of hydrogen-bond acceptors (Lipinski definition) is 8. The third kappa shape index (κ3) is 6.98. The highest BCUT2D eigenvalue weighted by Crippen LogP contribution is 2.35. The van der Waals surface area contributed by atoms with Gasteiger partial charge in [-0.15, -0.1) is 5.10 Å². The van der Waals surface area contributed by atoms with Crippen molar-refractivity contribution >= 4 is 26.7 Å². The molecule has 1 aliphatic heterocycles. The molecule has 5 aromatic rings. The van der Waals surface area contributed by atoms with Gasteiger partial charge in [-0.3, -0.25) is 9.48 Å². The molecular weight excluding hydrogens is 623 g/mol. The monoisotopic (exact) mass is 660 g/mol. The smallest absolute Gasteiger partial charge is 0.240 e. The van der Waals surface area contributed by atoms with Crippen LogP contribution in [0.15, 0.2) is 71.8 Å². The predicted molar refractivity (Wildman–Crippen MR) is 176 cm³/mol. The summed E-state index contributed by atoms with van der Waals surface area (Å²) in [5.41, 5.74) is 4.29. The summed E-state index contributed by atoms with van der Waals surface area (Å²) in [5.74, 6) is 0.404. The number of halogens is 1. The SMILES string of the molecule is COc1cccc(CO)c1-c1ccc(S(=O)(=O)NCCN2CCC(Cn3cc(-c4c(C(C)=O)[nH]c5ccc(F)cc45)nn3)CC2)cc1. The zero-order chi connectivity index (χ0) is 33.1. The third-order valence-electron chi connectivity index (χ3n) is 8.74. The molecule has 3 heterocycles. The number of ketones is 1. The number of nitrogens with one attached hydrogen (secondary N) is 2. The molecule has 13 heteroatoms. The number of likely N-dealkylation sites (tertiary alicyclic amines) is 1. The number of ether oxygens (including phenoxy) is 1. The summed E-state index contributed by atoms with van der Waals surface area (Å²) in [6.07, 6.45) is 3.63. The van der Waals surface area contributed by atoms with Gasteiger partial charge in [0.1, 0.15) is 17.3 Å². The number of carbonyl (C=O) groups is 1. The number of rotatable bonds is 12. The molecule has 0 atom stereocenters. The number of hydrogen-bond donors (Lipinski definition) is 3. The van der Waals surface area contributed by atoms with E-state index >= 15 is 0 Å². The highest BCUT2D eigenvalue weighted by atomic mass is 32.2. The fraction of sp³-hybridized carbons (Fsp3) is 0.324. The molecule has 1 fully saturated rings. The Kier molecular flexibility index (Phi) is 9.50. The van der Waals surface area contributed by atoms with Crippen molar-refractivity contribution in [2.45, 2.75) is 37.8 Å². The van der Waals surface area contributed by atoms with Gasteiger partial charge in [-0.25, -0.2) is 17.5 Å². The van der Waals surface area contributed by atoms with Gasteiger partial charge in [0.2, 0.25) is 10.0 Å². The molecule has 0 saturated carbocycles. The van der Waals surface area contributed by atoms with Crippen LogP contribution in [0.4, 0.5) is 4.39 Å². The lowest BCUT2D eigenvalue weighted by molar-refractivity contribution is 0.101. The summed E-state index contributed by atoms with van der Waals surface area (Å²) in [4.78, 5) is 17.8. The Hall–Kier alpha value is -4.43. The van der Waals surface area contributed by atoms with Crippen LogP contribution in [-0.4, -0.2) is 77.5 Å². The number of aliphatic hydroxyl groups excluding tert-OH is 1. The maximum Gasteiger partial charge on any atom is 0.240 e. The molecule has 2 aromatic heterocycles. The maximum absolute atomic E-state index is 14.0. The van der Waals surface area contributed by atoms with E-state index in [-0.39, 0.29) is 23.8 Å². The highest BCUT2D eigenvalue weighted by molar-refractivity contribution is 7.89. The van der Waals surface area contributed by atoms with Gasteiger partial charge in [-0.2, -0.15) is 0 Å². The Morgan fingerprint density at radius 3 is 2.57 bits per heavy atom. The first-order chi connectivity index (χ1) is 22.7. The van der Waals surface area contributed by atoms with Crippen molar-refractivity contribution < 1.29 is 27.4 Å². The number of benzene rings is 3. The molecule has 3 N–H and O–H groups in total. The lowest BCUT2D eigenvalue weighted by Gasteiger charge is -2.31. The van der Waals surface area contributed by atoms with Gasteiger partial charge in [0.05, 0.1) is 30.5 Å². The minimum absolute atomic E-state index is 0.162. The van der Waals surface area contributed by atoms with Crippen LogP contribution in [0.1, 0.15) is 35.8 Å². The molecular formula is C34H37FN6O5S. The molecule has 1 saturated heterocycles. The minimum atomic E-state index is -3.70. The van der Waals surface area contributed by atoms with Crippen molar-refractivity contribution in [3.8, 4) is 28.1 Å². The summed E-state index contributed by atoms with van der Waals surface area (Å²) < 4.78 is 50.0. The van der Waals surface area contributed by atoms with Crippen LogP contribution >= 0.6 is 0 Å². The Bertz CT molecular complexity index is 1980. The summed E-state index contributed by atoms with van der Waals surface area (Å²) in [6.45, 7) is 4.48. The Morgan fingerprint density at radius 2 is 1.87 bits per heavy atom. The van der Waals surface area contributed by atoms with Gasteiger partial charge < -0.3 is 19.7 Å². The third-order valence-corrected chi connectivity index (χ3v) is 10.2. The van der Waals surface area contributed by atoms with E-state index in [1.807, 2.05) is 0 Å². The van der Waals surface area contributed by atoms with E-state index in [1.165, 1.54) is 19.1 Å². The van der Waals surface area contributed by atoms with Gasteiger partial charge >= 0.3 is 0 Å². The van der Waals surface area contributed by atoms with E-state index in [1.54, 1.807) is 66.5 Å². The standard InChI is InChI=1S/C34H37FN6O5S/c1-22(43)34-33(28-18-26(35)8-11-29(28)37-34)30-20-41(39-38-30)19-23-12-15-40(16-13-23)17-14-36-47(44,45)27-9-6-24(7-10-27)32-25(21-42)4-3-5-31(32)46-2/h3-11,18,20,23,36-37,42H,12-17,19,21H2,1-2H3. The number of H-pyrrole nitrogens is 1. The summed E-state index contributed by atoms with van der Waals surface area (Å²) in [7, 11) is -2.15. The molecule has 1 aliphatic rings. The van der Waals surface area contributed by atoms with Crippen LogP contribution in [0.3, 0.4) is 0 Å². The topological polar surface area (TPSA) is 142 Å². The number of sulfonamides is 1. The molecule has 0 spiro atoms. The molecule has 3 aromatic carbocycles. The van der Waals surface area contributed by atoms with E-state index in [4.69, 9.17) is 4.74 Å². The van der Waals surface area contributed by atoms with Crippen molar-refractivity contribution in [3.05, 3.63) is 83.9 Å². The number of piperidine rings is 1. The van der Waals surface area contributed by atoms with Gasteiger partial charge in [0, 0.05) is 48.6 Å². The number of aliphatic hydroxyl groups is 1. The van der Waals surface area contributed by atoms with E-state index in [9.17, 15) is 22.7 Å². The van der Waals surface area contributed by atoms with Crippen molar-refractivity contribution in [1.82, 2.24) is 29.6 Å². The van der Waals surface area contributed by atoms with E-state index < -0.39 is 15.8 Å². The summed E-state index contributed by atoms with van der Waals surface area (Å²) in [5, 5.41) is 19.0. The predicted octanol–water partition coefficient (Wildman–Crippen LogP) is 4.63. The lowest BCUT2D eigenvalue weighted by atomic mass is 9.97. The first-order valence-electron chi connectivity index (χ1n) is 15.5.